The Hall–Kier alpha value is -2.39. The number of terminal acetylenes is 1. The highest BCUT2D eigenvalue weighted by atomic mass is 16.5. The number of carbonyl (C=O) groups is 1. The highest BCUT2D eigenvalue weighted by Crippen LogP contribution is 2.33. The minimum absolute atomic E-state index is 0.0308. The van der Waals surface area contributed by atoms with Crippen molar-refractivity contribution in [3.8, 4) is 23.8 Å². The number of carbonyl (C=O) groups excluding carboxylic acids is 1. The molecule has 2 rings (SSSR count). The number of nitrogen functional groups attached to an aromatic ring is 1. The first-order chi connectivity index (χ1) is 11.1. The van der Waals surface area contributed by atoms with Crippen molar-refractivity contribution < 1.29 is 14.3 Å². The van der Waals surface area contributed by atoms with Gasteiger partial charge in [0.15, 0.2) is 11.5 Å². The minimum atomic E-state index is 0.0308. The largest absolute Gasteiger partial charge is 0.493 e. The molecule has 1 aromatic carbocycles. The highest BCUT2D eigenvalue weighted by Gasteiger charge is 2.23. The normalized spacial score (nSPS) is 15.7. The Morgan fingerprint density at radius 1 is 1.43 bits per heavy atom. The molecule has 0 aromatic heterocycles. The van der Waals surface area contributed by atoms with Crippen LogP contribution in [-0.4, -0.2) is 50.7 Å². The van der Waals surface area contributed by atoms with Crippen molar-refractivity contribution in [2.24, 2.45) is 0 Å². The SMILES string of the molecule is C#Cc1cc(OC2CCN(CC(=O)NC)CC2)c(OC)cc1N. The van der Waals surface area contributed by atoms with Crippen molar-refractivity contribution in [2.45, 2.75) is 18.9 Å². The lowest BCUT2D eigenvalue weighted by Crippen LogP contribution is -2.43. The van der Waals surface area contributed by atoms with Gasteiger partial charge in [-0.25, -0.2) is 0 Å². The van der Waals surface area contributed by atoms with Gasteiger partial charge in [0.2, 0.25) is 5.91 Å². The molecule has 0 radical (unpaired) electrons. The molecule has 0 spiro atoms. The van der Waals surface area contributed by atoms with E-state index in [2.05, 4.69) is 16.1 Å². The van der Waals surface area contributed by atoms with Crippen LogP contribution in [0.25, 0.3) is 0 Å². The van der Waals surface area contributed by atoms with Crippen molar-refractivity contribution >= 4 is 11.6 Å². The van der Waals surface area contributed by atoms with Gasteiger partial charge in [-0.1, -0.05) is 5.92 Å². The first-order valence-corrected chi connectivity index (χ1v) is 7.61. The lowest BCUT2D eigenvalue weighted by atomic mass is 10.1. The van der Waals surface area contributed by atoms with Gasteiger partial charge < -0.3 is 20.5 Å². The summed E-state index contributed by atoms with van der Waals surface area (Å²) in [6.07, 6.45) is 7.21. The van der Waals surface area contributed by atoms with Gasteiger partial charge in [-0.3, -0.25) is 9.69 Å². The number of piperidine rings is 1. The fourth-order valence-electron chi connectivity index (χ4n) is 2.60. The van der Waals surface area contributed by atoms with E-state index in [1.807, 2.05) is 0 Å². The summed E-state index contributed by atoms with van der Waals surface area (Å²) in [5.74, 6) is 3.77. The highest BCUT2D eigenvalue weighted by molar-refractivity contribution is 5.77. The van der Waals surface area contributed by atoms with E-state index >= 15 is 0 Å². The topological polar surface area (TPSA) is 76.8 Å². The standard InChI is InChI=1S/C17H23N3O3/c1-4-12-9-16(15(22-3)10-14(12)18)23-13-5-7-20(8-6-13)11-17(21)19-2/h1,9-10,13H,5-8,11,18H2,2-3H3,(H,19,21). The molecule has 1 aromatic rings. The zero-order valence-electron chi connectivity index (χ0n) is 13.6. The van der Waals surface area contributed by atoms with E-state index in [4.69, 9.17) is 21.6 Å². The van der Waals surface area contributed by atoms with Gasteiger partial charge in [0, 0.05) is 32.3 Å². The molecule has 1 saturated heterocycles. The summed E-state index contributed by atoms with van der Waals surface area (Å²) >= 11 is 0. The maximum Gasteiger partial charge on any atom is 0.233 e. The molecule has 0 bridgehead atoms. The Balaban J connectivity index is 1.99. The average Bonchev–Trinajstić information content (AvgIpc) is 2.57. The number of nitrogens with one attached hydrogen (secondary N) is 1. The van der Waals surface area contributed by atoms with E-state index in [1.165, 1.54) is 0 Å². The van der Waals surface area contributed by atoms with E-state index in [1.54, 1.807) is 26.3 Å². The number of benzene rings is 1. The number of methoxy groups -OCH3 is 1. The Kier molecular flexibility index (Phi) is 5.72. The maximum absolute atomic E-state index is 11.4. The summed E-state index contributed by atoms with van der Waals surface area (Å²) in [6.45, 7) is 2.06. The molecule has 6 nitrogen and oxygen atoms in total. The van der Waals surface area contributed by atoms with Gasteiger partial charge in [0.1, 0.15) is 6.10 Å². The van der Waals surface area contributed by atoms with Crippen molar-refractivity contribution in [1.29, 1.82) is 0 Å². The van der Waals surface area contributed by atoms with Crippen LogP contribution in [0.5, 0.6) is 11.5 Å². The summed E-state index contributed by atoms with van der Waals surface area (Å²) in [4.78, 5) is 13.5. The number of hydrogen-bond donors (Lipinski definition) is 2. The molecule has 124 valence electrons. The molecule has 1 fully saturated rings. The smallest absolute Gasteiger partial charge is 0.233 e. The lowest BCUT2D eigenvalue weighted by molar-refractivity contribution is -0.122. The molecule has 0 saturated carbocycles. The van der Waals surface area contributed by atoms with E-state index in [-0.39, 0.29) is 12.0 Å². The molecule has 1 amide bonds. The maximum atomic E-state index is 11.4. The third kappa shape index (κ3) is 4.30. The van der Waals surface area contributed by atoms with Crippen LogP contribution in [0.4, 0.5) is 5.69 Å². The Morgan fingerprint density at radius 2 is 2.13 bits per heavy atom. The van der Waals surface area contributed by atoms with Crippen molar-refractivity contribution in [1.82, 2.24) is 10.2 Å². The van der Waals surface area contributed by atoms with Crippen molar-refractivity contribution in [2.75, 3.05) is 39.5 Å². The fraction of sp³-hybridized carbons (Fsp3) is 0.471. The van der Waals surface area contributed by atoms with Gasteiger partial charge >= 0.3 is 0 Å². The molecule has 1 heterocycles. The summed E-state index contributed by atoms with van der Waals surface area (Å²) in [6, 6.07) is 3.43. The first kappa shape index (κ1) is 17.0. The molecular formula is C17H23N3O3. The molecular weight excluding hydrogens is 294 g/mol. The third-order valence-corrected chi connectivity index (χ3v) is 3.97. The number of likely N-dealkylation sites (tertiary alicyclic amines) is 1. The van der Waals surface area contributed by atoms with Crippen LogP contribution in [0, 0.1) is 12.3 Å². The fourth-order valence-corrected chi connectivity index (χ4v) is 2.60. The Labute approximate surface area is 136 Å². The third-order valence-electron chi connectivity index (χ3n) is 3.97. The zero-order valence-corrected chi connectivity index (χ0v) is 13.6. The number of hydrogen-bond acceptors (Lipinski definition) is 5. The van der Waals surface area contributed by atoms with Crippen molar-refractivity contribution in [3.05, 3.63) is 17.7 Å². The van der Waals surface area contributed by atoms with Gasteiger partial charge in [0.25, 0.3) is 0 Å². The van der Waals surface area contributed by atoms with Crippen LogP contribution in [0.1, 0.15) is 18.4 Å². The van der Waals surface area contributed by atoms with Crippen LogP contribution >= 0.6 is 0 Å². The first-order valence-electron chi connectivity index (χ1n) is 7.61. The summed E-state index contributed by atoms with van der Waals surface area (Å²) in [5.41, 5.74) is 6.96. The molecule has 0 aliphatic carbocycles. The van der Waals surface area contributed by atoms with E-state index < -0.39 is 0 Å². The predicted octanol–water partition coefficient (Wildman–Crippen LogP) is 0.848. The minimum Gasteiger partial charge on any atom is -0.493 e. The lowest BCUT2D eigenvalue weighted by Gasteiger charge is -2.31. The van der Waals surface area contributed by atoms with Gasteiger partial charge in [-0.15, -0.1) is 6.42 Å². The van der Waals surface area contributed by atoms with Crippen LogP contribution < -0.4 is 20.5 Å². The number of amides is 1. The second kappa shape index (κ2) is 7.75. The van der Waals surface area contributed by atoms with Crippen LogP contribution in [0.15, 0.2) is 12.1 Å². The summed E-state index contributed by atoms with van der Waals surface area (Å²) in [7, 11) is 3.22. The van der Waals surface area contributed by atoms with E-state index in [9.17, 15) is 4.79 Å². The number of nitrogens with zero attached hydrogens (tertiary/aromatic N) is 1. The van der Waals surface area contributed by atoms with Crippen LogP contribution in [0.3, 0.4) is 0 Å². The van der Waals surface area contributed by atoms with Crippen LogP contribution in [0.2, 0.25) is 0 Å². The molecule has 3 N–H and O–H groups in total. The number of rotatable bonds is 5. The Morgan fingerprint density at radius 3 is 2.70 bits per heavy atom. The number of likely N-dealkylation sites (N-methyl/N-ethyl adjacent to an activating group) is 1. The molecule has 0 atom stereocenters. The number of anilines is 1. The van der Waals surface area contributed by atoms with E-state index in [0.717, 1.165) is 25.9 Å². The van der Waals surface area contributed by atoms with Gasteiger partial charge in [-0.2, -0.15) is 0 Å². The second-order valence-electron chi connectivity index (χ2n) is 5.50. The number of nitrogens with two attached hydrogens (primary N) is 1. The molecule has 0 unspecified atom stereocenters. The van der Waals surface area contributed by atoms with Crippen LogP contribution in [-0.2, 0) is 4.79 Å². The molecule has 23 heavy (non-hydrogen) atoms. The number of ether oxygens (including phenoxy) is 2. The second-order valence-corrected chi connectivity index (χ2v) is 5.50. The Bertz CT molecular complexity index is 602. The van der Waals surface area contributed by atoms with E-state index in [0.29, 0.717) is 29.3 Å². The zero-order chi connectivity index (χ0) is 16.8. The van der Waals surface area contributed by atoms with Gasteiger partial charge in [-0.05, 0) is 12.8 Å². The predicted molar refractivity (Wildman–Crippen MR) is 89.5 cm³/mol. The molecule has 6 heteroatoms. The average molecular weight is 317 g/mol. The summed E-state index contributed by atoms with van der Waals surface area (Å²) in [5, 5.41) is 2.64. The monoisotopic (exact) mass is 317 g/mol. The molecule has 1 aliphatic rings. The van der Waals surface area contributed by atoms with Gasteiger partial charge in [0.05, 0.1) is 24.9 Å². The molecule has 1 aliphatic heterocycles. The van der Waals surface area contributed by atoms with Crippen molar-refractivity contribution in [3.63, 3.8) is 0 Å². The summed E-state index contributed by atoms with van der Waals surface area (Å²) < 4.78 is 11.4. The quantitative estimate of drug-likeness (QED) is 0.622.